The molecule has 1 heterocycles. The molecule has 0 saturated carbocycles. The Balaban J connectivity index is 2.18. The minimum Gasteiger partial charge on any atom is -0.380 e. The summed E-state index contributed by atoms with van der Waals surface area (Å²) in [5.74, 6) is 0. The van der Waals surface area contributed by atoms with Gasteiger partial charge < -0.3 is 10.1 Å². The van der Waals surface area contributed by atoms with Crippen molar-refractivity contribution in [2.24, 2.45) is 0 Å². The maximum atomic E-state index is 12.0. The van der Waals surface area contributed by atoms with Gasteiger partial charge in [-0.05, 0) is 13.3 Å². The molecule has 1 aliphatic heterocycles. The molecule has 1 aliphatic rings. The number of hydrogen-bond donors (Lipinski definition) is 1. The summed E-state index contributed by atoms with van der Waals surface area (Å²) in [7, 11) is 0. The Morgan fingerprint density at radius 1 is 1.55 bits per heavy atom. The van der Waals surface area contributed by atoms with Gasteiger partial charge in [0, 0.05) is 12.6 Å². The van der Waals surface area contributed by atoms with Crippen molar-refractivity contribution < 1.29 is 13.5 Å². The van der Waals surface area contributed by atoms with E-state index in [4.69, 9.17) is 4.74 Å². The van der Waals surface area contributed by atoms with Crippen LogP contribution in [0, 0.1) is 0 Å². The summed E-state index contributed by atoms with van der Waals surface area (Å²) in [6, 6.07) is -0.597. The Hall–Kier alpha value is -0.220. The molecule has 11 heavy (non-hydrogen) atoms. The highest BCUT2D eigenvalue weighted by molar-refractivity contribution is 4.75. The molecule has 1 rings (SSSR count). The molecule has 4 heteroatoms. The fraction of sp³-hybridized carbons (Fsp3) is 1.00. The molecular weight excluding hydrogens is 152 g/mol. The predicted octanol–water partition coefficient (Wildman–Crippen LogP) is 1.02. The van der Waals surface area contributed by atoms with Gasteiger partial charge in [-0.3, -0.25) is 0 Å². The minimum absolute atomic E-state index is 0.124. The molecule has 0 spiro atoms. The molecule has 0 aliphatic carbocycles. The van der Waals surface area contributed by atoms with Gasteiger partial charge >= 0.3 is 0 Å². The molecular formula is C7H13F2NO. The summed E-state index contributed by atoms with van der Waals surface area (Å²) < 4.78 is 29.0. The van der Waals surface area contributed by atoms with Crippen LogP contribution in [0.5, 0.6) is 0 Å². The maximum absolute atomic E-state index is 12.0. The van der Waals surface area contributed by atoms with Gasteiger partial charge in [0.25, 0.3) is 6.43 Å². The second-order valence-corrected chi connectivity index (χ2v) is 2.85. The molecule has 0 amide bonds. The van der Waals surface area contributed by atoms with Gasteiger partial charge in [-0.25, -0.2) is 8.78 Å². The van der Waals surface area contributed by atoms with Crippen molar-refractivity contribution in [3.8, 4) is 0 Å². The van der Waals surface area contributed by atoms with Gasteiger partial charge in [-0.15, -0.1) is 0 Å². The quantitative estimate of drug-likeness (QED) is 0.674. The summed E-state index contributed by atoms with van der Waals surface area (Å²) in [4.78, 5) is 0. The standard InChI is InChI=1S/C7H13F2NO/c1-5(7(8)9)10-6-2-3-11-4-6/h5-7,10H,2-4H2,1H3. The van der Waals surface area contributed by atoms with Crippen molar-refractivity contribution in [1.29, 1.82) is 0 Å². The monoisotopic (exact) mass is 165 g/mol. The summed E-state index contributed by atoms with van der Waals surface area (Å²) in [5, 5.41) is 2.80. The van der Waals surface area contributed by atoms with E-state index in [-0.39, 0.29) is 6.04 Å². The highest BCUT2D eigenvalue weighted by Gasteiger charge is 2.21. The number of rotatable bonds is 3. The lowest BCUT2D eigenvalue weighted by molar-refractivity contribution is 0.0973. The van der Waals surface area contributed by atoms with Gasteiger partial charge in [-0.1, -0.05) is 0 Å². The Morgan fingerprint density at radius 3 is 2.73 bits per heavy atom. The van der Waals surface area contributed by atoms with Crippen LogP contribution < -0.4 is 5.32 Å². The largest absolute Gasteiger partial charge is 0.380 e. The Bertz CT molecular complexity index is 115. The molecule has 1 saturated heterocycles. The first-order valence-corrected chi connectivity index (χ1v) is 3.82. The molecule has 2 unspecified atom stereocenters. The number of halogens is 2. The molecule has 2 atom stereocenters. The fourth-order valence-electron chi connectivity index (χ4n) is 1.11. The van der Waals surface area contributed by atoms with Crippen LogP contribution >= 0.6 is 0 Å². The highest BCUT2D eigenvalue weighted by Crippen LogP contribution is 2.07. The zero-order valence-corrected chi connectivity index (χ0v) is 6.52. The summed E-state index contributed by atoms with van der Waals surface area (Å²) in [6.45, 7) is 2.74. The highest BCUT2D eigenvalue weighted by atomic mass is 19.3. The molecule has 0 aromatic heterocycles. The zero-order chi connectivity index (χ0) is 8.27. The van der Waals surface area contributed by atoms with Gasteiger partial charge in [0.1, 0.15) is 0 Å². The molecule has 0 bridgehead atoms. The summed E-state index contributed by atoms with van der Waals surface area (Å²) >= 11 is 0. The lowest BCUT2D eigenvalue weighted by atomic mass is 10.2. The van der Waals surface area contributed by atoms with Crippen molar-refractivity contribution in [1.82, 2.24) is 5.32 Å². The van der Waals surface area contributed by atoms with Crippen LogP contribution in [0.15, 0.2) is 0 Å². The topological polar surface area (TPSA) is 21.3 Å². The molecule has 0 radical (unpaired) electrons. The molecule has 0 aromatic carbocycles. The van der Waals surface area contributed by atoms with E-state index >= 15 is 0 Å². The second-order valence-electron chi connectivity index (χ2n) is 2.85. The fourth-order valence-corrected chi connectivity index (χ4v) is 1.11. The Morgan fingerprint density at radius 2 is 2.27 bits per heavy atom. The van der Waals surface area contributed by atoms with Gasteiger partial charge in [0.2, 0.25) is 0 Å². The lowest BCUT2D eigenvalue weighted by Crippen LogP contribution is -2.40. The van der Waals surface area contributed by atoms with E-state index < -0.39 is 12.5 Å². The van der Waals surface area contributed by atoms with Crippen LogP contribution in [0.2, 0.25) is 0 Å². The number of nitrogens with one attached hydrogen (secondary N) is 1. The first-order chi connectivity index (χ1) is 5.20. The Kier molecular flexibility index (Phi) is 3.20. The lowest BCUT2D eigenvalue weighted by Gasteiger charge is -2.16. The van der Waals surface area contributed by atoms with Crippen LogP contribution in [-0.2, 0) is 4.74 Å². The van der Waals surface area contributed by atoms with Crippen LogP contribution in [-0.4, -0.2) is 31.7 Å². The predicted molar refractivity (Wildman–Crippen MR) is 37.8 cm³/mol. The van der Waals surface area contributed by atoms with E-state index in [0.717, 1.165) is 6.42 Å². The van der Waals surface area contributed by atoms with Crippen molar-refractivity contribution in [3.05, 3.63) is 0 Å². The third kappa shape index (κ3) is 2.71. The van der Waals surface area contributed by atoms with Crippen molar-refractivity contribution in [2.75, 3.05) is 13.2 Å². The first-order valence-electron chi connectivity index (χ1n) is 3.82. The molecule has 0 aromatic rings. The van der Waals surface area contributed by atoms with Crippen LogP contribution in [0.3, 0.4) is 0 Å². The average Bonchev–Trinajstić information content (AvgIpc) is 2.39. The van der Waals surface area contributed by atoms with E-state index in [1.54, 1.807) is 0 Å². The van der Waals surface area contributed by atoms with Gasteiger partial charge in [0.15, 0.2) is 0 Å². The summed E-state index contributed by atoms with van der Waals surface area (Å²) in [6.07, 6.45) is -1.44. The van der Waals surface area contributed by atoms with E-state index in [1.807, 2.05) is 0 Å². The van der Waals surface area contributed by atoms with Gasteiger partial charge in [0.05, 0.1) is 12.6 Å². The zero-order valence-electron chi connectivity index (χ0n) is 6.52. The normalized spacial score (nSPS) is 27.8. The Labute approximate surface area is 64.9 Å². The van der Waals surface area contributed by atoms with Crippen LogP contribution in [0.25, 0.3) is 0 Å². The SMILES string of the molecule is CC(NC1CCOC1)C(F)F. The smallest absolute Gasteiger partial charge is 0.253 e. The van der Waals surface area contributed by atoms with Gasteiger partial charge in [-0.2, -0.15) is 0 Å². The molecule has 66 valence electrons. The third-order valence-electron chi connectivity index (χ3n) is 1.81. The van der Waals surface area contributed by atoms with Crippen molar-refractivity contribution in [2.45, 2.75) is 31.9 Å². The van der Waals surface area contributed by atoms with Crippen LogP contribution in [0.4, 0.5) is 8.78 Å². The number of alkyl halides is 2. The maximum Gasteiger partial charge on any atom is 0.253 e. The average molecular weight is 165 g/mol. The van der Waals surface area contributed by atoms with E-state index in [1.165, 1.54) is 6.92 Å². The number of ether oxygens (including phenoxy) is 1. The van der Waals surface area contributed by atoms with E-state index in [2.05, 4.69) is 5.32 Å². The first kappa shape index (κ1) is 8.87. The summed E-state index contributed by atoms with van der Waals surface area (Å²) in [5.41, 5.74) is 0. The van der Waals surface area contributed by atoms with Crippen molar-refractivity contribution in [3.63, 3.8) is 0 Å². The molecule has 2 nitrogen and oxygen atoms in total. The molecule has 1 N–H and O–H groups in total. The third-order valence-corrected chi connectivity index (χ3v) is 1.81. The van der Waals surface area contributed by atoms with E-state index in [9.17, 15) is 8.78 Å². The van der Waals surface area contributed by atoms with E-state index in [0.29, 0.717) is 13.2 Å². The van der Waals surface area contributed by atoms with Crippen LogP contribution in [0.1, 0.15) is 13.3 Å². The second kappa shape index (κ2) is 3.97. The number of hydrogen-bond acceptors (Lipinski definition) is 2. The van der Waals surface area contributed by atoms with Crippen molar-refractivity contribution >= 4 is 0 Å². The molecule has 1 fully saturated rings. The minimum atomic E-state index is -2.28.